The Bertz CT molecular complexity index is 518. The van der Waals surface area contributed by atoms with Gasteiger partial charge in [0.2, 0.25) is 0 Å². The summed E-state index contributed by atoms with van der Waals surface area (Å²) in [5.41, 5.74) is 0.126. The van der Waals surface area contributed by atoms with Crippen molar-refractivity contribution in [3.8, 4) is 11.3 Å². The van der Waals surface area contributed by atoms with Crippen molar-refractivity contribution < 1.29 is 17.6 Å². The molecule has 18 heavy (non-hydrogen) atoms. The van der Waals surface area contributed by atoms with E-state index in [1.54, 1.807) is 18.2 Å². The first-order valence-electron chi connectivity index (χ1n) is 5.26. The average molecular weight is 272 g/mol. The Hall–Kier alpha value is -1.36. The fourth-order valence-corrected chi connectivity index (χ4v) is 2.38. The fraction of sp³-hybridized carbons (Fsp3) is 0.231. The van der Waals surface area contributed by atoms with Crippen molar-refractivity contribution in [3.05, 3.63) is 47.7 Å². The summed E-state index contributed by atoms with van der Waals surface area (Å²) in [6.07, 6.45) is -1.14. The zero-order chi connectivity index (χ0) is 13.2. The third kappa shape index (κ3) is 2.56. The quantitative estimate of drug-likeness (QED) is 0.794. The molecule has 0 N–H and O–H groups in total. The van der Waals surface area contributed by atoms with Crippen LogP contribution >= 0.6 is 11.8 Å². The number of hydrogen-bond donors (Lipinski definition) is 0. The smallest absolute Gasteiger partial charge is 0.417 e. The summed E-state index contributed by atoms with van der Waals surface area (Å²) in [6.45, 7) is 0. The molecule has 0 spiro atoms. The highest BCUT2D eigenvalue weighted by Gasteiger charge is 2.35. The van der Waals surface area contributed by atoms with Crippen LogP contribution in [0.25, 0.3) is 11.3 Å². The Kier molecular flexibility index (Phi) is 3.71. The Labute approximate surface area is 107 Å². The van der Waals surface area contributed by atoms with Gasteiger partial charge in [-0.3, -0.25) is 0 Å². The highest BCUT2D eigenvalue weighted by molar-refractivity contribution is 7.97. The van der Waals surface area contributed by atoms with Crippen LogP contribution in [0.15, 0.2) is 41.0 Å². The largest absolute Gasteiger partial charge is 0.464 e. The number of alkyl halides is 3. The van der Waals surface area contributed by atoms with E-state index in [1.807, 2.05) is 6.26 Å². The van der Waals surface area contributed by atoms with Crippen molar-refractivity contribution in [2.45, 2.75) is 11.9 Å². The highest BCUT2D eigenvalue weighted by Crippen LogP contribution is 2.39. The maximum Gasteiger partial charge on any atom is 0.417 e. The van der Waals surface area contributed by atoms with Gasteiger partial charge >= 0.3 is 6.18 Å². The van der Waals surface area contributed by atoms with Gasteiger partial charge in [-0.25, -0.2) is 0 Å². The van der Waals surface area contributed by atoms with Crippen LogP contribution in [-0.4, -0.2) is 6.26 Å². The van der Waals surface area contributed by atoms with Gasteiger partial charge in [0, 0.05) is 11.3 Å². The number of benzene rings is 1. The van der Waals surface area contributed by atoms with E-state index in [2.05, 4.69) is 0 Å². The summed E-state index contributed by atoms with van der Waals surface area (Å²) in [4.78, 5) is 0. The molecule has 0 amide bonds. The molecule has 0 unspecified atom stereocenters. The number of thioether (sulfide) groups is 1. The Morgan fingerprint density at radius 3 is 2.50 bits per heavy atom. The molecule has 0 aliphatic heterocycles. The third-order valence-corrected chi connectivity index (χ3v) is 3.12. The molecular weight excluding hydrogens is 261 g/mol. The molecule has 0 atom stereocenters. The maximum atomic E-state index is 13.0. The van der Waals surface area contributed by atoms with Gasteiger partial charge in [0.1, 0.15) is 5.76 Å². The fourth-order valence-electron chi connectivity index (χ4n) is 1.82. The predicted octanol–water partition coefficient (Wildman–Crippen LogP) is 4.83. The molecule has 0 radical (unpaired) electrons. The number of rotatable bonds is 3. The monoisotopic (exact) mass is 272 g/mol. The Morgan fingerprint density at radius 1 is 1.17 bits per heavy atom. The summed E-state index contributed by atoms with van der Waals surface area (Å²) in [7, 11) is 0. The summed E-state index contributed by atoms with van der Waals surface area (Å²) in [6, 6.07) is 7.35. The zero-order valence-corrected chi connectivity index (χ0v) is 10.4. The van der Waals surface area contributed by atoms with Crippen LogP contribution in [-0.2, 0) is 11.9 Å². The van der Waals surface area contributed by atoms with E-state index in [9.17, 15) is 13.2 Å². The molecule has 0 saturated heterocycles. The first kappa shape index (κ1) is 13.1. The van der Waals surface area contributed by atoms with Crippen molar-refractivity contribution in [2.75, 3.05) is 6.26 Å². The maximum absolute atomic E-state index is 13.0. The number of hydrogen-bond acceptors (Lipinski definition) is 2. The summed E-state index contributed by atoms with van der Waals surface area (Å²) < 4.78 is 44.2. The van der Waals surface area contributed by atoms with Gasteiger partial charge in [0.25, 0.3) is 0 Å². The molecule has 96 valence electrons. The number of halogens is 3. The molecule has 1 nitrogen and oxygen atoms in total. The minimum Gasteiger partial charge on any atom is -0.464 e. The van der Waals surface area contributed by atoms with Crippen LogP contribution < -0.4 is 0 Å². The van der Waals surface area contributed by atoms with Gasteiger partial charge < -0.3 is 4.42 Å². The molecule has 0 bridgehead atoms. The summed E-state index contributed by atoms with van der Waals surface area (Å²) in [5.74, 6) is 0.770. The average Bonchev–Trinajstić information content (AvgIpc) is 2.81. The molecule has 0 saturated carbocycles. The van der Waals surface area contributed by atoms with Crippen molar-refractivity contribution in [3.63, 3.8) is 0 Å². The lowest BCUT2D eigenvalue weighted by atomic mass is 9.99. The van der Waals surface area contributed by atoms with Crippen LogP contribution in [0.3, 0.4) is 0 Å². The molecule has 2 rings (SSSR count). The van der Waals surface area contributed by atoms with Crippen molar-refractivity contribution in [1.29, 1.82) is 0 Å². The summed E-state index contributed by atoms with van der Waals surface area (Å²) >= 11 is 1.48. The van der Waals surface area contributed by atoms with E-state index in [-0.39, 0.29) is 11.3 Å². The van der Waals surface area contributed by atoms with Crippen LogP contribution in [0.1, 0.15) is 11.1 Å². The SMILES string of the molecule is CSCc1cccc(C(F)(F)F)c1-c1ccco1. The van der Waals surface area contributed by atoms with Gasteiger partial charge in [-0.1, -0.05) is 12.1 Å². The van der Waals surface area contributed by atoms with Crippen molar-refractivity contribution >= 4 is 11.8 Å². The lowest BCUT2D eigenvalue weighted by Gasteiger charge is -2.14. The second kappa shape index (κ2) is 5.10. The molecule has 0 aliphatic rings. The minimum absolute atomic E-state index is 0.143. The van der Waals surface area contributed by atoms with Crippen LogP contribution in [0.2, 0.25) is 0 Å². The van der Waals surface area contributed by atoms with Gasteiger partial charge in [-0.05, 0) is 30.0 Å². The molecule has 5 heteroatoms. The lowest BCUT2D eigenvalue weighted by molar-refractivity contribution is -0.137. The lowest BCUT2D eigenvalue weighted by Crippen LogP contribution is -2.08. The van der Waals surface area contributed by atoms with E-state index in [4.69, 9.17) is 4.42 Å². The molecule has 0 aliphatic carbocycles. The standard InChI is InChI=1S/C13H11F3OS/c1-18-8-9-4-2-5-10(13(14,15)16)12(9)11-6-3-7-17-11/h2-7H,8H2,1H3. The van der Waals surface area contributed by atoms with Gasteiger partial charge in [-0.15, -0.1) is 0 Å². The molecule has 1 aromatic heterocycles. The second-order valence-corrected chi connectivity index (χ2v) is 4.61. The predicted molar refractivity (Wildman–Crippen MR) is 66.4 cm³/mol. The van der Waals surface area contributed by atoms with Gasteiger partial charge in [0.05, 0.1) is 11.8 Å². The molecule has 1 heterocycles. The van der Waals surface area contributed by atoms with Crippen molar-refractivity contribution in [2.24, 2.45) is 0 Å². The van der Waals surface area contributed by atoms with Crippen LogP contribution in [0.5, 0.6) is 0 Å². The third-order valence-electron chi connectivity index (χ3n) is 2.52. The van der Waals surface area contributed by atoms with Crippen LogP contribution in [0.4, 0.5) is 13.2 Å². The number of furan rings is 1. The topological polar surface area (TPSA) is 13.1 Å². The van der Waals surface area contributed by atoms with E-state index >= 15 is 0 Å². The minimum atomic E-state index is -4.38. The highest BCUT2D eigenvalue weighted by atomic mass is 32.2. The van der Waals surface area contributed by atoms with Gasteiger partial charge in [-0.2, -0.15) is 24.9 Å². The Balaban J connectivity index is 2.64. The molecule has 1 aromatic carbocycles. The molecule has 0 fully saturated rings. The van der Waals surface area contributed by atoms with E-state index < -0.39 is 11.7 Å². The van der Waals surface area contributed by atoms with E-state index in [0.29, 0.717) is 11.3 Å². The summed E-state index contributed by atoms with van der Waals surface area (Å²) in [5, 5.41) is 0. The van der Waals surface area contributed by atoms with Gasteiger partial charge in [0.15, 0.2) is 0 Å². The molecule has 2 aromatic rings. The van der Waals surface area contributed by atoms with Crippen molar-refractivity contribution in [1.82, 2.24) is 0 Å². The normalized spacial score (nSPS) is 11.8. The first-order valence-corrected chi connectivity index (χ1v) is 6.65. The first-order chi connectivity index (χ1) is 8.54. The Morgan fingerprint density at radius 2 is 1.94 bits per heavy atom. The van der Waals surface area contributed by atoms with E-state index in [1.165, 1.54) is 24.1 Å². The zero-order valence-electron chi connectivity index (χ0n) is 9.62. The molecular formula is C13H11F3OS. The second-order valence-electron chi connectivity index (χ2n) is 3.75. The van der Waals surface area contributed by atoms with E-state index in [0.717, 1.165) is 6.07 Å². The van der Waals surface area contributed by atoms with Crippen LogP contribution in [0, 0.1) is 0 Å².